The fraction of sp³-hybridized carbons (Fsp3) is 0.100. The molecule has 0 saturated heterocycles. The van der Waals surface area contributed by atoms with Crippen molar-refractivity contribution in [3.63, 3.8) is 0 Å². The lowest BCUT2D eigenvalue weighted by molar-refractivity contribution is -0.144. The van der Waals surface area contributed by atoms with Crippen LogP contribution in [0.2, 0.25) is 5.02 Å². The zero-order chi connectivity index (χ0) is 19.9. The van der Waals surface area contributed by atoms with Crippen LogP contribution in [0, 0.1) is 6.92 Å². The third kappa shape index (κ3) is 2.86. The lowest BCUT2D eigenvalue weighted by Crippen LogP contribution is -2.52. The van der Waals surface area contributed by atoms with Gasteiger partial charge < -0.3 is 10.4 Å². The number of hydrogen-bond acceptors (Lipinski definition) is 5. The maximum atomic E-state index is 12.4. The van der Waals surface area contributed by atoms with Crippen molar-refractivity contribution in [3.05, 3.63) is 81.2 Å². The Labute approximate surface area is 164 Å². The zero-order valence-corrected chi connectivity index (χ0v) is 15.5. The van der Waals surface area contributed by atoms with Crippen molar-refractivity contribution in [2.45, 2.75) is 12.6 Å². The number of carboxylic acids is 1. The largest absolute Gasteiger partial charge is 0.478 e. The van der Waals surface area contributed by atoms with E-state index in [1.54, 1.807) is 54.6 Å². The van der Waals surface area contributed by atoms with Crippen molar-refractivity contribution in [1.82, 2.24) is 14.8 Å². The Kier molecular flexibility index (Phi) is 4.24. The van der Waals surface area contributed by atoms with E-state index in [0.717, 1.165) is 5.56 Å². The summed E-state index contributed by atoms with van der Waals surface area (Å²) in [5.41, 5.74) is -0.237. The lowest BCUT2D eigenvalue weighted by Gasteiger charge is -2.36. The topological polar surface area (TPSA) is 97.1 Å². The number of hydrogen-bond donors (Lipinski definition) is 2. The maximum Gasteiger partial charge on any atom is 0.356 e. The molecule has 2 N–H and O–H groups in total. The first-order chi connectivity index (χ1) is 13.4. The van der Waals surface area contributed by atoms with Crippen molar-refractivity contribution >= 4 is 29.3 Å². The minimum atomic E-state index is -1.76. The Hall–Kier alpha value is -3.45. The van der Waals surface area contributed by atoms with Gasteiger partial charge in [0.25, 0.3) is 11.2 Å². The molecule has 0 radical (unpaired) electrons. The smallest absolute Gasteiger partial charge is 0.356 e. The number of carboxylic acid groups (broad SMARTS) is 1. The van der Waals surface area contributed by atoms with Gasteiger partial charge in [-0.05, 0) is 42.8 Å². The highest BCUT2D eigenvalue weighted by Gasteiger charge is 2.44. The number of aryl methyl sites for hydroxylation is 1. The second-order valence-electron chi connectivity index (χ2n) is 6.36. The molecule has 0 fully saturated rings. The number of aliphatic carboxylic acids is 1. The molecule has 3 aromatic rings. The molecule has 1 aliphatic rings. The molecule has 8 heteroatoms. The van der Waals surface area contributed by atoms with Crippen LogP contribution in [-0.4, -0.2) is 25.8 Å². The summed E-state index contributed by atoms with van der Waals surface area (Å²) in [5.74, 6) is -1.00. The molecule has 7 nitrogen and oxygen atoms in total. The quantitative estimate of drug-likeness (QED) is 0.708. The molecule has 1 aliphatic heterocycles. The van der Waals surface area contributed by atoms with Crippen LogP contribution < -0.4 is 10.9 Å². The molecule has 1 aromatic heterocycles. The van der Waals surface area contributed by atoms with E-state index in [-0.39, 0.29) is 11.5 Å². The molecule has 0 aliphatic carbocycles. The lowest BCUT2D eigenvalue weighted by atomic mass is 10.0. The second kappa shape index (κ2) is 6.61. The normalized spacial score (nSPS) is 17.6. The Morgan fingerprint density at radius 1 is 1.21 bits per heavy atom. The van der Waals surface area contributed by atoms with Gasteiger partial charge in [-0.25, -0.2) is 9.48 Å². The highest BCUT2D eigenvalue weighted by Crippen LogP contribution is 2.37. The van der Waals surface area contributed by atoms with Crippen molar-refractivity contribution in [3.8, 4) is 11.4 Å². The summed E-state index contributed by atoms with van der Waals surface area (Å²) in [6.07, 6.45) is 3.14. The SMILES string of the molecule is Cc1nn2c(nc1=O)-c1ccccc1N[C@]2(/C=C/c1ccc(Cl)cc1)C(=O)O. The first-order valence-corrected chi connectivity index (χ1v) is 8.83. The van der Waals surface area contributed by atoms with Crippen molar-refractivity contribution in [2.75, 3.05) is 5.32 Å². The monoisotopic (exact) mass is 394 g/mol. The summed E-state index contributed by atoms with van der Waals surface area (Å²) in [5, 5.41) is 18.0. The van der Waals surface area contributed by atoms with Gasteiger partial charge in [-0.2, -0.15) is 10.1 Å². The van der Waals surface area contributed by atoms with E-state index in [4.69, 9.17) is 11.6 Å². The van der Waals surface area contributed by atoms with E-state index in [9.17, 15) is 14.7 Å². The number of carbonyl (C=O) groups is 1. The van der Waals surface area contributed by atoms with Crippen LogP contribution in [0.5, 0.6) is 0 Å². The number of rotatable bonds is 3. The van der Waals surface area contributed by atoms with Crippen LogP contribution in [0.1, 0.15) is 11.3 Å². The minimum Gasteiger partial charge on any atom is -0.478 e. The number of nitrogens with one attached hydrogen (secondary N) is 1. The fourth-order valence-electron chi connectivity index (χ4n) is 3.05. The maximum absolute atomic E-state index is 12.4. The number of fused-ring (bicyclic) bond motifs is 3. The molecule has 0 saturated carbocycles. The Bertz CT molecular complexity index is 1170. The predicted octanol–water partition coefficient (Wildman–Crippen LogP) is 3.14. The molecular formula is C20H15ClN4O3. The first-order valence-electron chi connectivity index (χ1n) is 8.45. The highest BCUT2D eigenvalue weighted by atomic mass is 35.5. The molecule has 140 valence electrons. The van der Waals surface area contributed by atoms with Gasteiger partial charge in [0.15, 0.2) is 5.82 Å². The Balaban J connectivity index is 1.95. The Morgan fingerprint density at radius 3 is 2.64 bits per heavy atom. The van der Waals surface area contributed by atoms with Crippen LogP contribution in [0.25, 0.3) is 17.5 Å². The molecule has 4 rings (SSSR count). The van der Waals surface area contributed by atoms with Gasteiger partial charge in [0.2, 0.25) is 0 Å². The van der Waals surface area contributed by atoms with Crippen LogP contribution in [-0.2, 0) is 10.5 Å². The minimum absolute atomic E-state index is 0.107. The van der Waals surface area contributed by atoms with Gasteiger partial charge in [-0.1, -0.05) is 41.9 Å². The average molecular weight is 395 g/mol. The van der Waals surface area contributed by atoms with Gasteiger partial charge in [-0.3, -0.25) is 4.79 Å². The average Bonchev–Trinajstić information content (AvgIpc) is 2.68. The third-order valence-corrected chi connectivity index (χ3v) is 4.76. The molecule has 28 heavy (non-hydrogen) atoms. The number of anilines is 1. The summed E-state index contributed by atoms with van der Waals surface area (Å²) >= 11 is 5.91. The number of benzene rings is 2. The molecule has 2 heterocycles. The first kappa shape index (κ1) is 17.9. The fourth-order valence-corrected chi connectivity index (χ4v) is 3.17. The summed E-state index contributed by atoms with van der Waals surface area (Å²) in [4.78, 5) is 28.6. The summed E-state index contributed by atoms with van der Waals surface area (Å²) in [6.45, 7) is 1.50. The van der Waals surface area contributed by atoms with Gasteiger partial charge in [-0.15, -0.1) is 0 Å². The van der Waals surface area contributed by atoms with Crippen LogP contribution in [0.15, 0.2) is 59.4 Å². The molecule has 1 atom stereocenters. The van der Waals surface area contributed by atoms with E-state index in [1.165, 1.54) is 17.7 Å². The zero-order valence-electron chi connectivity index (χ0n) is 14.8. The van der Waals surface area contributed by atoms with Gasteiger partial charge in [0.1, 0.15) is 5.69 Å². The van der Waals surface area contributed by atoms with Crippen molar-refractivity contribution in [1.29, 1.82) is 0 Å². The van der Waals surface area contributed by atoms with Crippen molar-refractivity contribution in [2.24, 2.45) is 0 Å². The molecular weight excluding hydrogens is 380 g/mol. The van der Waals surface area contributed by atoms with E-state index >= 15 is 0 Å². The molecule has 2 aromatic carbocycles. The molecule has 0 bridgehead atoms. The standard InChI is InChI=1S/C20H15ClN4O3/c1-12-18(26)22-17-15-4-2-3-5-16(15)23-20(19(27)28,25(17)24-12)11-10-13-6-8-14(21)9-7-13/h2-11,23H,1H3,(H,27,28)/b11-10+/t20-/m0/s1. The van der Waals surface area contributed by atoms with E-state index in [0.29, 0.717) is 16.3 Å². The van der Waals surface area contributed by atoms with E-state index in [2.05, 4.69) is 15.4 Å². The van der Waals surface area contributed by atoms with Gasteiger partial charge in [0, 0.05) is 16.3 Å². The Morgan fingerprint density at radius 2 is 1.93 bits per heavy atom. The summed E-state index contributed by atoms with van der Waals surface area (Å²) < 4.78 is 1.24. The van der Waals surface area contributed by atoms with Crippen molar-refractivity contribution < 1.29 is 9.90 Å². The van der Waals surface area contributed by atoms with Crippen LogP contribution in [0.4, 0.5) is 5.69 Å². The van der Waals surface area contributed by atoms with Crippen LogP contribution in [0.3, 0.4) is 0 Å². The second-order valence-corrected chi connectivity index (χ2v) is 6.80. The summed E-state index contributed by atoms with van der Waals surface area (Å²) in [6, 6.07) is 14.0. The van der Waals surface area contributed by atoms with E-state index < -0.39 is 17.2 Å². The third-order valence-electron chi connectivity index (χ3n) is 4.51. The van der Waals surface area contributed by atoms with E-state index in [1.807, 2.05) is 0 Å². The molecule has 0 unspecified atom stereocenters. The number of aromatic nitrogens is 3. The number of para-hydroxylation sites is 1. The van der Waals surface area contributed by atoms with Gasteiger partial charge >= 0.3 is 5.97 Å². The summed E-state index contributed by atoms with van der Waals surface area (Å²) in [7, 11) is 0. The molecule has 0 amide bonds. The van der Waals surface area contributed by atoms with Crippen LogP contribution >= 0.6 is 11.6 Å². The number of halogens is 1. The predicted molar refractivity (Wildman–Crippen MR) is 106 cm³/mol. The van der Waals surface area contributed by atoms with Gasteiger partial charge in [0.05, 0.1) is 0 Å². The molecule has 0 spiro atoms. The highest BCUT2D eigenvalue weighted by molar-refractivity contribution is 6.30. The number of nitrogens with zero attached hydrogens (tertiary/aromatic N) is 3.